The van der Waals surface area contributed by atoms with Crippen LogP contribution in [0.3, 0.4) is 0 Å². The lowest BCUT2D eigenvalue weighted by atomic mass is 9.94. The minimum absolute atomic E-state index is 1.29. The summed E-state index contributed by atoms with van der Waals surface area (Å²) in [7, 11) is 0. The van der Waals surface area contributed by atoms with Crippen LogP contribution in [0, 0.1) is 6.92 Å². The maximum Gasteiger partial charge on any atom is -0.0276 e. The third-order valence-electron chi connectivity index (χ3n) is 11.2. The molecule has 0 aliphatic heterocycles. The molecule has 0 nitrogen and oxygen atoms in total. The molecular formula is C47H88. The Hall–Kier alpha value is -0.780. The number of unbranched alkanes of at least 4 members (excludes halogenated alkanes) is 34. The second kappa shape index (κ2) is 36.5. The summed E-state index contributed by atoms with van der Waals surface area (Å²) in [5, 5.41) is 0. The molecule has 0 saturated carbocycles. The van der Waals surface area contributed by atoms with Crippen molar-refractivity contribution in [1.29, 1.82) is 0 Å². The van der Waals surface area contributed by atoms with Crippen LogP contribution < -0.4 is 0 Å². The number of rotatable bonds is 38. The molecule has 47 heavy (non-hydrogen) atoms. The number of hydrogen-bond acceptors (Lipinski definition) is 0. The van der Waals surface area contributed by atoms with E-state index in [-0.39, 0.29) is 0 Å². The Morgan fingerprint density at radius 2 is 0.468 bits per heavy atom. The molecule has 0 amide bonds. The van der Waals surface area contributed by atoms with Gasteiger partial charge in [0.2, 0.25) is 0 Å². The predicted molar refractivity (Wildman–Crippen MR) is 216 cm³/mol. The van der Waals surface area contributed by atoms with Gasteiger partial charge in [0.25, 0.3) is 0 Å². The summed E-state index contributed by atoms with van der Waals surface area (Å²) in [6.45, 7) is 7.02. The lowest BCUT2D eigenvalue weighted by molar-refractivity contribution is 0.525. The number of benzene rings is 1. The first-order valence-corrected chi connectivity index (χ1v) is 22.4. The van der Waals surface area contributed by atoms with E-state index in [0.29, 0.717) is 0 Å². The standard InChI is InChI=1S/C47H88/c1-4-6-8-10-12-14-16-18-20-22-24-26-28-30-32-34-36-38-41-46-43-40-44-47(45(46)3)42-39-37-35-33-31-29-27-25-23-21-19-17-15-13-11-9-7-5-2/h40,43-44H,4-39,41-42H2,1-3H3. The van der Waals surface area contributed by atoms with Crippen LogP contribution in [0.2, 0.25) is 0 Å². The van der Waals surface area contributed by atoms with Gasteiger partial charge >= 0.3 is 0 Å². The van der Waals surface area contributed by atoms with Crippen molar-refractivity contribution >= 4 is 0 Å². The van der Waals surface area contributed by atoms with E-state index < -0.39 is 0 Å². The van der Waals surface area contributed by atoms with E-state index in [9.17, 15) is 0 Å². The van der Waals surface area contributed by atoms with Crippen LogP contribution in [0.25, 0.3) is 0 Å². The number of aryl methyl sites for hydroxylation is 2. The molecular weight excluding hydrogens is 565 g/mol. The molecule has 0 atom stereocenters. The van der Waals surface area contributed by atoms with Crippen molar-refractivity contribution in [3.05, 3.63) is 34.9 Å². The lowest BCUT2D eigenvalue weighted by Gasteiger charge is -2.12. The summed E-state index contributed by atoms with van der Waals surface area (Å²) in [5.74, 6) is 0. The molecule has 0 radical (unpaired) electrons. The van der Waals surface area contributed by atoms with E-state index in [2.05, 4.69) is 39.0 Å². The zero-order valence-corrected chi connectivity index (χ0v) is 33.1. The molecule has 0 aliphatic carbocycles. The molecule has 1 aromatic rings. The first-order valence-electron chi connectivity index (χ1n) is 22.4. The highest BCUT2D eigenvalue weighted by molar-refractivity contribution is 5.34. The Labute approximate surface area is 298 Å². The fourth-order valence-corrected chi connectivity index (χ4v) is 7.71. The average Bonchev–Trinajstić information content (AvgIpc) is 3.08. The van der Waals surface area contributed by atoms with Crippen LogP contribution in [0.15, 0.2) is 18.2 Å². The summed E-state index contributed by atoms with van der Waals surface area (Å²) >= 11 is 0. The van der Waals surface area contributed by atoms with Crippen LogP contribution in [0.5, 0.6) is 0 Å². The highest BCUT2D eigenvalue weighted by Gasteiger charge is 2.05. The maximum absolute atomic E-state index is 2.40. The zero-order chi connectivity index (χ0) is 33.7. The van der Waals surface area contributed by atoms with Gasteiger partial charge in [-0.3, -0.25) is 0 Å². The first kappa shape index (κ1) is 44.2. The topological polar surface area (TPSA) is 0 Å². The smallest absolute Gasteiger partial charge is 0.0276 e. The van der Waals surface area contributed by atoms with Crippen molar-refractivity contribution in [3.63, 3.8) is 0 Å². The summed E-state index contributed by atoms with van der Waals surface area (Å²) in [6.07, 6.45) is 55.0. The zero-order valence-electron chi connectivity index (χ0n) is 33.1. The van der Waals surface area contributed by atoms with Crippen molar-refractivity contribution in [3.8, 4) is 0 Å². The Balaban J connectivity index is 1.88. The van der Waals surface area contributed by atoms with Crippen molar-refractivity contribution in [2.24, 2.45) is 0 Å². The third kappa shape index (κ3) is 29.8. The molecule has 0 spiro atoms. The van der Waals surface area contributed by atoms with Crippen LogP contribution in [0.4, 0.5) is 0 Å². The lowest BCUT2D eigenvalue weighted by Crippen LogP contribution is -1.97. The van der Waals surface area contributed by atoms with Gasteiger partial charge in [-0.15, -0.1) is 0 Å². The summed E-state index contributed by atoms with van der Waals surface area (Å²) in [6, 6.07) is 7.14. The van der Waals surface area contributed by atoms with Gasteiger partial charge in [0.15, 0.2) is 0 Å². The second-order valence-electron chi connectivity index (χ2n) is 15.7. The molecule has 0 aromatic heterocycles. The summed E-state index contributed by atoms with van der Waals surface area (Å²) in [4.78, 5) is 0. The van der Waals surface area contributed by atoms with Gasteiger partial charge in [0.1, 0.15) is 0 Å². The molecule has 0 aliphatic rings. The summed E-state index contributed by atoms with van der Waals surface area (Å²) < 4.78 is 0. The molecule has 1 rings (SSSR count). The molecule has 0 heteroatoms. The third-order valence-corrected chi connectivity index (χ3v) is 11.2. The van der Waals surface area contributed by atoms with Gasteiger partial charge < -0.3 is 0 Å². The van der Waals surface area contributed by atoms with Crippen molar-refractivity contribution in [2.75, 3.05) is 0 Å². The molecule has 1 aromatic carbocycles. The van der Waals surface area contributed by atoms with Crippen LogP contribution in [0.1, 0.15) is 262 Å². The fraction of sp³-hybridized carbons (Fsp3) is 0.872. The fourth-order valence-electron chi connectivity index (χ4n) is 7.71. The van der Waals surface area contributed by atoms with Gasteiger partial charge in [-0.05, 0) is 49.3 Å². The minimum Gasteiger partial charge on any atom is -0.0654 e. The van der Waals surface area contributed by atoms with Gasteiger partial charge in [-0.1, -0.05) is 250 Å². The molecule has 0 unspecified atom stereocenters. The largest absolute Gasteiger partial charge is 0.0654 e. The van der Waals surface area contributed by atoms with E-state index in [1.807, 2.05) is 0 Å². The Bertz CT molecular complexity index is 673. The van der Waals surface area contributed by atoms with Crippen molar-refractivity contribution in [1.82, 2.24) is 0 Å². The Kier molecular flexibility index (Phi) is 34.4. The molecule has 0 N–H and O–H groups in total. The van der Waals surface area contributed by atoms with Crippen LogP contribution in [-0.2, 0) is 12.8 Å². The van der Waals surface area contributed by atoms with Crippen LogP contribution >= 0.6 is 0 Å². The average molecular weight is 653 g/mol. The van der Waals surface area contributed by atoms with E-state index in [4.69, 9.17) is 0 Å². The highest BCUT2D eigenvalue weighted by Crippen LogP contribution is 2.21. The minimum atomic E-state index is 1.29. The molecule has 276 valence electrons. The van der Waals surface area contributed by atoms with E-state index in [0.717, 1.165) is 0 Å². The van der Waals surface area contributed by atoms with Gasteiger partial charge in [-0.2, -0.15) is 0 Å². The summed E-state index contributed by atoms with van der Waals surface area (Å²) in [5.41, 5.74) is 4.86. The molecule has 0 fully saturated rings. The second-order valence-corrected chi connectivity index (χ2v) is 15.7. The predicted octanol–water partition coefficient (Wildman–Crippen LogP) is 17.2. The maximum atomic E-state index is 2.40. The molecule has 0 saturated heterocycles. The van der Waals surface area contributed by atoms with E-state index >= 15 is 0 Å². The van der Waals surface area contributed by atoms with Gasteiger partial charge in [0.05, 0.1) is 0 Å². The van der Waals surface area contributed by atoms with E-state index in [1.165, 1.54) is 244 Å². The molecule has 0 heterocycles. The Morgan fingerprint density at radius 3 is 0.681 bits per heavy atom. The van der Waals surface area contributed by atoms with Crippen molar-refractivity contribution < 1.29 is 0 Å². The first-order chi connectivity index (χ1) is 23.3. The monoisotopic (exact) mass is 653 g/mol. The molecule has 0 bridgehead atoms. The van der Waals surface area contributed by atoms with E-state index in [1.54, 1.807) is 16.7 Å². The normalized spacial score (nSPS) is 11.6. The highest BCUT2D eigenvalue weighted by atomic mass is 14.1. The van der Waals surface area contributed by atoms with Gasteiger partial charge in [-0.25, -0.2) is 0 Å². The van der Waals surface area contributed by atoms with Crippen LogP contribution in [-0.4, -0.2) is 0 Å². The Morgan fingerprint density at radius 1 is 0.277 bits per heavy atom. The van der Waals surface area contributed by atoms with Crippen molar-refractivity contribution in [2.45, 2.75) is 265 Å². The SMILES string of the molecule is CCCCCCCCCCCCCCCCCCCCc1cccc(CCCCCCCCCCCCCCCCCCCC)c1C. The van der Waals surface area contributed by atoms with Gasteiger partial charge in [0, 0.05) is 0 Å². The number of hydrogen-bond donors (Lipinski definition) is 0. The quantitative estimate of drug-likeness (QED) is 0.0624.